The van der Waals surface area contributed by atoms with Crippen LogP contribution < -0.4 is 4.74 Å². The molecule has 0 aliphatic heterocycles. The summed E-state index contributed by atoms with van der Waals surface area (Å²) in [7, 11) is 3.21. The van der Waals surface area contributed by atoms with Crippen molar-refractivity contribution >= 4 is 11.9 Å². The zero-order valence-corrected chi connectivity index (χ0v) is 11.5. The number of carbonyl (C=O) groups is 2. The molecule has 0 atom stereocenters. The van der Waals surface area contributed by atoms with E-state index in [1.165, 1.54) is 4.90 Å². The highest BCUT2D eigenvalue weighted by molar-refractivity contribution is 5.93. The lowest BCUT2D eigenvalue weighted by Crippen LogP contribution is -2.30. The Balaban J connectivity index is 2.63. The van der Waals surface area contributed by atoms with Gasteiger partial charge in [0, 0.05) is 13.6 Å². The molecule has 5 nitrogen and oxygen atoms in total. The third-order valence-electron chi connectivity index (χ3n) is 2.88. The first-order valence-electron chi connectivity index (χ1n) is 6.03. The molecule has 5 heteroatoms. The number of amides is 1. The van der Waals surface area contributed by atoms with Crippen LogP contribution in [0.5, 0.6) is 5.75 Å². The fourth-order valence-electron chi connectivity index (χ4n) is 1.78. The van der Waals surface area contributed by atoms with Crippen LogP contribution in [0.1, 0.15) is 17.5 Å². The van der Waals surface area contributed by atoms with Crippen molar-refractivity contribution in [2.24, 2.45) is 0 Å². The molecule has 0 saturated carbocycles. The van der Waals surface area contributed by atoms with Gasteiger partial charge in [-0.25, -0.2) is 0 Å². The molecule has 0 aromatic heterocycles. The summed E-state index contributed by atoms with van der Waals surface area (Å²) in [5, 5.41) is 8.57. The van der Waals surface area contributed by atoms with Gasteiger partial charge >= 0.3 is 5.97 Å². The Morgan fingerprint density at radius 3 is 2.63 bits per heavy atom. The van der Waals surface area contributed by atoms with Crippen molar-refractivity contribution < 1.29 is 19.4 Å². The van der Waals surface area contributed by atoms with Gasteiger partial charge in [-0.05, 0) is 25.0 Å². The zero-order chi connectivity index (χ0) is 14.4. The minimum Gasteiger partial charge on any atom is -0.496 e. The summed E-state index contributed by atoms with van der Waals surface area (Å²) in [6.45, 7) is 2.45. The monoisotopic (exact) mass is 265 g/mol. The fraction of sp³-hybridized carbons (Fsp3) is 0.429. The quantitative estimate of drug-likeness (QED) is 0.791. The van der Waals surface area contributed by atoms with Crippen molar-refractivity contribution in [2.45, 2.75) is 19.8 Å². The second kappa shape index (κ2) is 6.78. The number of hydrogen-bond donors (Lipinski definition) is 1. The molecule has 1 N–H and O–H groups in total. The lowest BCUT2D eigenvalue weighted by atomic mass is 10.1. The van der Waals surface area contributed by atoms with Crippen LogP contribution in [-0.2, 0) is 16.0 Å². The van der Waals surface area contributed by atoms with Crippen LogP contribution in [-0.4, -0.2) is 42.6 Å². The molecule has 1 aromatic rings. The average Bonchev–Trinajstić information content (AvgIpc) is 2.35. The normalized spacial score (nSPS) is 10.1. The Hall–Kier alpha value is -2.04. The van der Waals surface area contributed by atoms with Crippen LogP contribution in [0.25, 0.3) is 0 Å². The fourth-order valence-corrected chi connectivity index (χ4v) is 1.78. The second-order valence-corrected chi connectivity index (χ2v) is 4.45. The van der Waals surface area contributed by atoms with Gasteiger partial charge in [0.1, 0.15) is 12.2 Å². The number of ether oxygens (including phenoxy) is 1. The van der Waals surface area contributed by atoms with Gasteiger partial charge in [0.15, 0.2) is 0 Å². The Morgan fingerprint density at radius 2 is 2.05 bits per heavy atom. The van der Waals surface area contributed by atoms with Crippen LogP contribution in [0, 0.1) is 6.92 Å². The van der Waals surface area contributed by atoms with Gasteiger partial charge < -0.3 is 14.7 Å². The molecule has 0 unspecified atom stereocenters. The number of methoxy groups -OCH3 is 1. The van der Waals surface area contributed by atoms with Crippen LogP contribution in [0.3, 0.4) is 0 Å². The van der Waals surface area contributed by atoms with E-state index < -0.39 is 12.4 Å². The summed E-state index contributed by atoms with van der Waals surface area (Å²) in [5.41, 5.74) is 2.13. The first kappa shape index (κ1) is 15.0. The number of aryl methyl sites for hydroxylation is 1. The molecule has 1 amide bonds. The molecule has 19 heavy (non-hydrogen) atoms. The van der Waals surface area contributed by atoms with Gasteiger partial charge in [0.2, 0.25) is 5.91 Å². The van der Waals surface area contributed by atoms with E-state index in [2.05, 4.69) is 0 Å². The Kier molecular flexibility index (Phi) is 5.36. The first-order valence-corrected chi connectivity index (χ1v) is 6.03. The summed E-state index contributed by atoms with van der Waals surface area (Å²) in [4.78, 5) is 23.4. The number of rotatable bonds is 6. The van der Waals surface area contributed by atoms with Crippen LogP contribution in [0.15, 0.2) is 18.2 Å². The van der Waals surface area contributed by atoms with Crippen molar-refractivity contribution in [2.75, 3.05) is 20.7 Å². The van der Waals surface area contributed by atoms with E-state index in [1.807, 2.05) is 25.1 Å². The second-order valence-electron chi connectivity index (χ2n) is 4.45. The SMILES string of the molecule is COc1ccc(C)cc1CCN(C)C(=O)CC(=O)O. The molecule has 0 aliphatic carbocycles. The summed E-state index contributed by atoms with van der Waals surface area (Å²) in [5.74, 6) is -0.714. The Bertz CT molecular complexity index is 471. The van der Waals surface area contributed by atoms with Gasteiger partial charge in [-0.3, -0.25) is 9.59 Å². The first-order chi connectivity index (χ1) is 8.93. The number of hydrogen-bond acceptors (Lipinski definition) is 3. The molecule has 104 valence electrons. The highest BCUT2D eigenvalue weighted by atomic mass is 16.5. The number of carboxylic acids is 1. The molecular formula is C14H19NO4. The molecule has 1 aromatic carbocycles. The molecule has 1 rings (SSSR count). The maximum Gasteiger partial charge on any atom is 0.312 e. The van der Waals surface area contributed by atoms with E-state index in [-0.39, 0.29) is 5.91 Å². The summed E-state index contributed by atoms with van der Waals surface area (Å²) in [6, 6.07) is 5.86. The Labute approximate surface area is 112 Å². The number of likely N-dealkylation sites (N-methyl/N-ethyl adjacent to an activating group) is 1. The molecule has 0 bridgehead atoms. The van der Waals surface area contributed by atoms with Crippen LogP contribution in [0.4, 0.5) is 0 Å². The number of carbonyl (C=O) groups excluding carboxylic acids is 1. The summed E-state index contributed by atoms with van der Waals surface area (Å²) < 4.78 is 5.26. The van der Waals surface area contributed by atoms with E-state index in [0.29, 0.717) is 13.0 Å². The molecule has 0 aliphatic rings. The molecule has 0 fully saturated rings. The van der Waals surface area contributed by atoms with E-state index >= 15 is 0 Å². The van der Waals surface area contributed by atoms with Gasteiger partial charge in [-0.2, -0.15) is 0 Å². The lowest BCUT2D eigenvalue weighted by molar-refractivity contribution is -0.143. The van der Waals surface area contributed by atoms with E-state index in [9.17, 15) is 9.59 Å². The maximum absolute atomic E-state index is 11.5. The minimum atomic E-state index is -1.11. The van der Waals surface area contributed by atoms with Gasteiger partial charge in [-0.15, -0.1) is 0 Å². The van der Waals surface area contributed by atoms with E-state index in [1.54, 1.807) is 14.2 Å². The van der Waals surface area contributed by atoms with Crippen LogP contribution >= 0.6 is 0 Å². The van der Waals surface area contributed by atoms with Gasteiger partial charge in [0.25, 0.3) is 0 Å². The standard InChI is InChI=1S/C14H19NO4/c1-10-4-5-12(19-3)11(8-10)6-7-15(2)13(16)9-14(17)18/h4-5,8H,6-7,9H2,1-3H3,(H,17,18). The van der Waals surface area contributed by atoms with E-state index in [4.69, 9.17) is 9.84 Å². The smallest absolute Gasteiger partial charge is 0.312 e. The van der Waals surface area contributed by atoms with E-state index in [0.717, 1.165) is 16.9 Å². The Morgan fingerprint density at radius 1 is 1.37 bits per heavy atom. The number of nitrogens with zero attached hydrogens (tertiary/aromatic N) is 1. The predicted octanol–water partition coefficient (Wildman–Crippen LogP) is 1.48. The third-order valence-corrected chi connectivity index (χ3v) is 2.88. The van der Waals surface area contributed by atoms with Crippen molar-refractivity contribution in [3.63, 3.8) is 0 Å². The summed E-state index contributed by atoms with van der Waals surface area (Å²) in [6.07, 6.45) is 0.161. The third kappa shape index (κ3) is 4.62. The minimum absolute atomic E-state index is 0.390. The van der Waals surface area contributed by atoms with Crippen molar-refractivity contribution in [3.05, 3.63) is 29.3 Å². The van der Waals surface area contributed by atoms with Gasteiger partial charge in [0.05, 0.1) is 7.11 Å². The van der Waals surface area contributed by atoms with Crippen molar-refractivity contribution in [1.29, 1.82) is 0 Å². The highest BCUT2D eigenvalue weighted by Gasteiger charge is 2.13. The molecule has 0 heterocycles. The zero-order valence-electron chi connectivity index (χ0n) is 11.5. The van der Waals surface area contributed by atoms with Crippen LogP contribution in [0.2, 0.25) is 0 Å². The number of carboxylic acid groups (broad SMARTS) is 1. The molecule has 0 spiro atoms. The number of aliphatic carboxylic acids is 1. The predicted molar refractivity (Wildman–Crippen MR) is 71.3 cm³/mol. The molecule has 0 radical (unpaired) electrons. The topological polar surface area (TPSA) is 66.8 Å². The highest BCUT2D eigenvalue weighted by Crippen LogP contribution is 2.20. The average molecular weight is 265 g/mol. The van der Waals surface area contributed by atoms with Gasteiger partial charge in [-0.1, -0.05) is 17.7 Å². The molecular weight excluding hydrogens is 246 g/mol. The van der Waals surface area contributed by atoms with Crippen molar-refractivity contribution in [1.82, 2.24) is 4.90 Å². The lowest BCUT2D eigenvalue weighted by Gasteiger charge is -2.17. The van der Waals surface area contributed by atoms with Crippen molar-refractivity contribution in [3.8, 4) is 5.75 Å². The molecule has 0 saturated heterocycles. The summed E-state index contributed by atoms with van der Waals surface area (Å²) >= 11 is 0. The number of benzene rings is 1. The maximum atomic E-state index is 11.5. The largest absolute Gasteiger partial charge is 0.496 e.